The van der Waals surface area contributed by atoms with Gasteiger partial charge in [-0.2, -0.15) is 13.2 Å². The van der Waals surface area contributed by atoms with Crippen molar-refractivity contribution < 1.29 is 32.6 Å². The molecule has 11 heteroatoms. The fourth-order valence-corrected chi connectivity index (χ4v) is 3.50. The van der Waals surface area contributed by atoms with Gasteiger partial charge in [0.15, 0.2) is 0 Å². The van der Waals surface area contributed by atoms with Gasteiger partial charge in [0.25, 0.3) is 5.91 Å². The van der Waals surface area contributed by atoms with Crippen molar-refractivity contribution in [3.05, 3.63) is 76.2 Å². The highest BCUT2D eigenvalue weighted by Crippen LogP contribution is 2.38. The normalized spacial score (nSPS) is 12.7. The molecule has 0 saturated carbocycles. The van der Waals surface area contributed by atoms with Crippen LogP contribution in [-0.4, -0.2) is 33.0 Å². The lowest BCUT2D eigenvalue weighted by atomic mass is 9.86. The summed E-state index contributed by atoms with van der Waals surface area (Å²) in [6.07, 6.45) is -2.14. The Labute approximate surface area is 214 Å². The van der Waals surface area contributed by atoms with Gasteiger partial charge in [-0.25, -0.2) is 14.8 Å². The number of alkyl halides is 3. The second-order valence-corrected chi connectivity index (χ2v) is 9.93. The second-order valence-electron chi connectivity index (χ2n) is 9.02. The van der Waals surface area contributed by atoms with Crippen molar-refractivity contribution >= 4 is 33.5 Å². The molecule has 0 bridgehead atoms. The first kappa shape index (κ1) is 27.1. The van der Waals surface area contributed by atoms with E-state index in [1.54, 1.807) is 13.0 Å². The Hall–Kier alpha value is -3.47. The minimum absolute atomic E-state index is 0.0454. The van der Waals surface area contributed by atoms with Crippen LogP contribution in [0.4, 0.5) is 18.9 Å². The minimum atomic E-state index is -4.72. The number of pyridine rings is 2. The van der Waals surface area contributed by atoms with Crippen molar-refractivity contribution in [2.24, 2.45) is 5.41 Å². The predicted molar refractivity (Wildman–Crippen MR) is 130 cm³/mol. The van der Waals surface area contributed by atoms with Crippen molar-refractivity contribution in [2.45, 2.75) is 39.9 Å². The van der Waals surface area contributed by atoms with E-state index in [1.165, 1.54) is 29.3 Å². The molecular formula is C25H23BrF3N3O4. The molecule has 190 valence electrons. The van der Waals surface area contributed by atoms with E-state index >= 15 is 0 Å². The lowest BCUT2D eigenvalue weighted by Gasteiger charge is -2.38. The van der Waals surface area contributed by atoms with E-state index in [2.05, 4.69) is 25.9 Å². The molecule has 1 amide bonds. The smallest absolute Gasteiger partial charge is 0.421 e. The van der Waals surface area contributed by atoms with Gasteiger partial charge in [0.2, 0.25) is 5.88 Å². The fraction of sp³-hybridized carbons (Fsp3) is 0.280. The van der Waals surface area contributed by atoms with Gasteiger partial charge in [-0.1, -0.05) is 20.8 Å². The number of carbonyl (C=O) groups is 2. The number of carbonyl (C=O) groups excluding carboxylic acids is 1. The number of benzene rings is 1. The van der Waals surface area contributed by atoms with E-state index in [4.69, 9.17) is 4.74 Å². The highest BCUT2D eigenvalue weighted by Gasteiger charge is 2.36. The van der Waals surface area contributed by atoms with Crippen molar-refractivity contribution in [2.75, 3.05) is 4.90 Å². The average molecular weight is 566 g/mol. The average Bonchev–Trinajstić information content (AvgIpc) is 2.79. The number of aromatic carboxylic acids is 1. The van der Waals surface area contributed by atoms with Crippen LogP contribution in [0.15, 0.2) is 59.3 Å². The number of halogens is 4. The molecule has 2 heterocycles. The summed E-state index contributed by atoms with van der Waals surface area (Å²) in [5.74, 6) is -2.83. The topological polar surface area (TPSA) is 92.6 Å². The Morgan fingerprint density at radius 3 is 2.33 bits per heavy atom. The third-order valence-electron chi connectivity index (χ3n) is 5.55. The number of ether oxygens (including phenoxy) is 1. The van der Waals surface area contributed by atoms with Gasteiger partial charge >= 0.3 is 12.1 Å². The Morgan fingerprint density at radius 1 is 1.08 bits per heavy atom. The van der Waals surface area contributed by atoms with Crippen LogP contribution in [-0.2, 0) is 6.18 Å². The molecular weight excluding hydrogens is 543 g/mol. The SMILES string of the molecule is CC(N(C(=O)c1ccc(Br)cn1)c1ccc(Oc2ncccc2C(F)(F)F)cc1C(=O)O)C(C)(C)C. The number of anilines is 1. The van der Waals surface area contributed by atoms with Crippen molar-refractivity contribution in [3.8, 4) is 11.6 Å². The highest BCUT2D eigenvalue weighted by molar-refractivity contribution is 9.10. The molecule has 1 atom stereocenters. The predicted octanol–water partition coefficient (Wildman–Crippen LogP) is 6.83. The second kappa shape index (κ2) is 10.3. The number of carboxylic acids is 1. The number of nitrogens with zero attached hydrogens (tertiary/aromatic N) is 3. The van der Waals surface area contributed by atoms with E-state index in [0.717, 1.165) is 24.4 Å². The van der Waals surface area contributed by atoms with Crippen LogP contribution in [0.2, 0.25) is 0 Å². The lowest BCUT2D eigenvalue weighted by molar-refractivity contribution is -0.138. The number of rotatable bonds is 6. The molecule has 2 aromatic heterocycles. The van der Waals surface area contributed by atoms with E-state index in [1.807, 2.05) is 20.8 Å². The van der Waals surface area contributed by atoms with E-state index in [-0.39, 0.29) is 22.7 Å². The Balaban J connectivity index is 2.11. The zero-order valence-corrected chi connectivity index (χ0v) is 21.4. The summed E-state index contributed by atoms with van der Waals surface area (Å²) in [6.45, 7) is 7.45. The van der Waals surface area contributed by atoms with Crippen LogP contribution in [0.5, 0.6) is 11.6 Å². The molecule has 36 heavy (non-hydrogen) atoms. The van der Waals surface area contributed by atoms with E-state index in [0.29, 0.717) is 4.47 Å². The molecule has 1 N–H and O–H groups in total. The van der Waals surface area contributed by atoms with Crippen molar-refractivity contribution in [1.82, 2.24) is 9.97 Å². The van der Waals surface area contributed by atoms with Gasteiger partial charge < -0.3 is 14.7 Å². The number of aromatic nitrogens is 2. The minimum Gasteiger partial charge on any atom is -0.478 e. The maximum Gasteiger partial charge on any atom is 0.421 e. The van der Waals surface area contributed by atoms with Crippen LogP contribution in [0.25, 0.3) is 0 Å². The van der Waals surface area contributed by atoms with Gasteiger partial charge in [0.1, 0.15) is 17.0 Å². The van der Waals surface area contributed by atoms with Crippen molar-refractivity contribution in [3.63, 3.8) is 0 Å². The Morgan fingerprint density at radius 2 is 1.78 bits per heavy atom. The number of carboxylic acid groups (broad SMARTS) is 1. The summed E-state index contributed by atoms with van der Waals surface area (Å²) in [5, 5.41) is 9.95. The standard InChI is InChI=1S/C25H23BrF3N3O4/c1-14(24(2,3)4)32(22(33)19-9-7-15(26)13-31-19)20-10-8-16(12-17(20)23(34)35)36-21-18(25(27,28)29)6-5-11-30-21/h5-14H,1-4H3,(H,34,35). The molecule has 0 saturated heterocycles. The van der Waals surface area contributed by atoms with Crippen LogP contribution >= 0.6 is 15.9 Å². The number of hydrogen-bond acceptors (Lipinski definition) is 5. The van der Waals surface area contributed by atoms with Crippen LogP contribution in [0.1, 0.15) is 54.1 Å². The summed E-state index contributed by atoms with van der Waals surface area (Å²) < 4.78 is 46.0. The molecule has 0 aliphatic heterocycles. The summed E-state index contributed by atoms with van der Waals surface area (Å²) in [4.78, 5) is 34.9. The Kier molecular flexibility index (Phi) is 7.73. The third-order valence-corrected chi connectivity index (χ3v) is 6.02. The van der Waals surface area contributed by atoms with E-state index in [9.17, 15) is 27.9 Å². The monoisotopic (exact) mass is 565 g/mol. The molecule has 3 aromatic rings. The third kappa shape index (κ3) is 6.01. The summed E-state index contributed by atoms with van der Waals surface area (Å²) in [5.41, 5.74) is -1.77. The lowest BCUT2D eigenvalue weighted by Crippen LogP contribution is -2.46. The van der Waals surface area contributed by atoms with E-state index < -0.39 is 41.0 Å². The van der Waals surface area contributed by atoms with Crippen LogP contribution < -0.4 is 9.64 Å². The molecule has 1 unspecified atom stereocenters. The molecule has 0 aliphatic carbocycles. The largest absolute Gasteiger partial charge is 0.478 e. The molecule has 0 aliphatic rings. The van der Waals surface area contributed by atoms with Gasteiger partial charge in [-0.15, -0.1) is 0 Å². The molecule has 1 aromatic carbocycles. The quantitative estimate of drug-likeness (QED) is 0.352. The van der Waals surface area contributed by atoms with Crippen LogP contribution in [0, 0.1) is 5.41 Å². The summed E-state index contributed by atoms with van der Waals surface area (Å²) >= 11 is 3.27. The summed E-state index contributed by atoms with van der Waals surface area (Å²) in [6, 6.07) is 8.27. The first-order valence-electron chi connectivity index (χ1n) is 10.7. The number of amides is 1. The van der Waals surface area contributed by atoms with Gasteiger partial charge in [-0.3, -0.25) is 4.79 Å². The maximum atomic E-state index is 13.5. The molecule has 0 spiro atoms. The zero-order chi connectivity index (χ0) is 26.8. The first-order chi connectivity index (χ1) is 16.7. The fourth-order valence-electron chi connectivity index (χ4n) is 3.27. The first-order valence-corrected chi connectivity index (χ1v) is 11.5. The van der Waals surface area contributed by atoms with Gasteiger partial charge in [0, 0.05) is 22.9 Å². The van der Waals surface area contributed by atoms with Crippen LogP contribution in [0.3, 0.4) is 0 Å². The van der Waals surface area contributed by atoms with Crippen molar-refractivity contribution in [1.29, 1.82) is 0 Å². The zero-order valence-electron chi connectivity index (χ0n) is 19.8. The van der Waals surface area contributed by atoms with Gasteiger partial charge in [0.05, 0.1) is 11.3 Å². The molecule has 3 rings (SSSR count). The molecule has 7 nitrogen and oxygen atoms in total. The molecule has 0 fully saturated rings. The summed E-state index contributed by atoms with van der Waals surface area (Å²) in [7, 11) is 0. The maximum absolute atomic E-state index is 13.5. The number of hydrogen-bond donors (Lipinski definition) is 1. The highest BCUT2D eigenvalue weighted by atomic mass is 79.9. The molecule has 0 radical (unpaired) electrons. The Bertz CT molecular complexity index is 1270. The van der Waals surface area contributed by atoms with Gasteiger partial charge in [-0.05, 0) is 70.7 Å².